The lowest BCUT2D eigenvalue weighted by atomic mass is 10.0. The summed E-state index contributed by atoms with van der Waals surface area (Å²) in [4.78, 5) is 13.5. The van der Waals surface area contributed by atoms with Crippen LogP contribution in [-0.4, -0.2) is 29.1 Å². The first-order chi connectivity index (χ1) is 10.1. The number of nitrogens with zero attached hydrogens (tertiary/aromatic N) is 1. The van der Waals surface area contributed by atoms with Gasteiger partial charge in [-0.05, 0) is 35.7 Å². The van der Waals surface area contributed by atoms with Gasteiger partial charge >= 0.3 is 5.97 Å². The van der Waals surface area contributed by atoms with Crippen LogP contribution in [0.2, 0.25) is 0 Å². The topological polar surface area (TPSA) is 40.5 Å². The summed E-state index contributed by atoms with van der Waals surface area (Å²) < 4.78 is 0. The SMILES string of the molecule is CCC(C(=O)O)N(C)C1c2ccccc2-c2ccccc21. The van der Waals surface area contributed by atoms with Crippen molar-refractivity contribution in [2.75, 3.05) is 7.05 Å². The van der Waals surface area contributed by atoms with Crippen molar-refractivity contribution in [3.63, 3.8) is 0 Å². The Balaban J connectivity index is 2.12. The standard InChI is InChI=1S/C18H19NO2/c1-3-16(18(20)21)19(2)17-14-10-6-4-8-12(14)13-9-5-7-11-15(13)17/h4-11,16-17H,3H2,1-2H3,(H,20,21). The number of rotatable bonds is 4. The molecule has 0 saturated heterocycles. The fraction of sp³-hybridized carbons (Fsp3) is 0.278. The molecule has 0 radical (unpaired) electrons. The first-order valence-electron chi connectivity index (χ1n) is 7.28. The van der Waals surface area contributed by atoms with Crippen molar-refractivity contribution < 1.29 is 9.90 Å². The molecule has 3 nitrogen and oxygen atoms in total. The smallest absolute Gasteiger partial charge is 0.320 e. The fourth-order valence-corrected chi connectivity index (χ4v) is 3.38. The fourth-order valence-electron chi connectivity index (χ4n) is 3.38. The quantitative estimate of drug-likeness (QED) is 0.931. The predicted octanol–water partition coefficient (Wildman–Crippen LogP) is 3.55. The van der Waals surface area contributed by atoms with Crippen LogP contribution in [0.15, 0.2) is 48.5 Å². The number of aliphatic carboxylic acids is 1. The number of hydrogen-bond donors (Lipinski definition) is 1. The van der Waals surface area contributed by atoms with Crippen molar-refractivity contribution in [2.24, 2.45) is 0 Å². The number of carboxylic acids is 1. The predicted molar refractivity (Wildman–Crippen MR) is 83.2 cm³/mol. The Morgan fingerprint density at radius 3 is 2.00 bits per heavy atom. The zero-order valence-electron chi connectivity index (χ0n) is 12.3. The van der Waals surface area contributed by atoms with E-state index in [1.807, 2.05) is 43.1 Å². The molecule has 2 aromatic rings. The zero-order chi connectivity index (χ0) is 15.0. The number of hydrogen-bond acceptors (Lipinski definition) is 2. The Hall–Kier alpha value is -2.13. The van der Waals surface area contributed by atoms with E-state index in [9.17, 15) is 9.90 Å². The maximum absolute atomic E-state index is 11.5. The van der Waals surface area contributed by atoms with Gasteiger partial charge in [0.15, 0.2) is 0 Å². The summed E-state index contributed by atoms with van der Waals surface area (Å²) in [7, 11) is 1.91. The zero-order valence-corrected chi connectivity index (χ0v) is 12.3. The van der Waals surface area contributed by atoms with Crippen molar-refractivity contribution in [2.45, 2.75) is 25.4 Å². The van der Waals surface area contributed by atoms with E-state index in [2.05, 4.69) is 24.3 Å². The van der Waals surface area contributed by atoms with Crippen molar-refractivity contribution >= 4 is 5.97 Å². The van der Waals surface area contributed by atoms with E-state index in [1.54, 1.807) is 0 Å². The first kappa shape index (κ1) is 13.8. The third-order valence-electron chi connectivity index (χ3n) is 4.37. The van der Waals surface area contributed by atoms with Crippen molar-refractivity contribution in [1.29, 1.82) is 0 Å². The first-order valence-corrected chi connectivity index (χ1v) is 7.28. The second-order valence-electron chi connectivity index (χ2n) is 5.50. The van der Waals surface area contributed by atoms with Crippen molar-refractivity contribution in [3.05, 3.63) is 59.7 Å². The minimum absolute atomic E-state index is 0.0125. The van der Waals surface area contributed by atoms with Gasteiger partial charge in [0.2, 0.25) is 0 Å². The molecular formula is C18H19NO2. The molecule has 1 aliphatic rings. The van der Waals surface area contributed by atoms with E-state index in [0.29, 0.717) is 6.42 Å². The third-order valence-corrected chi connectivity index (χ3v) is 4.37. The van der Waals surface area contributed by atoms with Crippen LogP contribution in [0.3, 0.4) is 0 Å². The van der Waals surface area contributed by atoms with E-state index in [-0.39, 0.29) is 6.04 Å². The normalized spacial score (nSPS) is 14.8. The second-order valence-corrected chi connectivity index (χ2v) is 5.50. The van der Waals surface area contributed by atoms with E-state index in [0.717, 1.165) is 0 Å². The lowest BCUT2D eigenvalue weighted by molar-refractivity contribution is -0.143. The van der Waals surface area contributed by atoms with Gasteiger partial charge in [-0.1, -0.05) is 55.5 Å². The summed E-state index contributed by atoms with van der Waals surface area (Å²) in [5.74, 6) is -0.762. The molecule has 1 N–H and O–H groups in total. The summed E-state index contributed by atoms with van der Waals surface area (Å²) in [6.45, 7) is 1.92. The molecule has 0 amide bonds. The van der Waals surface area contributed by atoms with E-state index in [4.69, 9.17) is 0 Å². The molecule has 0 bridgehead atoms. The lowest BCUT2D eigenvalue weighted by Crippen LogP contribution is -2.40. The van der Waals surface area contributed by atoms with Gasteiger partial charge in [-0.3, -0.25) is 9.69 Å². The van der Waals surface area contributed by atoms with Gasteiger partial charge in [0.05, 0.1) is 6.04 Å². The number of fused-ring (bicyclic) bond motifs is 3. The molecule has 0 heterocycles. The van der Waals surface area contributed by atoms with Crippen molar-refractivity contribution in [3.8, 4) is 11.1 Å². The second kappa shape index (κ2) is 5.34. The van der Waals surface area contributed by atoms with Gasteiger partial charge in [0.1, 0.15) is 6.04 Å². The number of carboxylic acid groups (broad SMARTS) is 1. The number of likely N-dealkylation sites (N-methyl/N-ethyl adjacent to an activating group) is 1. The number of benzene rings is 2. The third kappa shape index (κ3) is 2.14. The van der Waals surface area contributed by atoms with Crippen LogP contribution in [0.1, 0.15) is 30.5 Å². The molecule has 3 heteroatoms. The molecule has 0 aliphatic heterocycles. The van der Waals surface area contributed by atoms with Gasteiger partial charge in [-0.15, -0.1) is 0 Å². The molecule has 21 heavy (non-hydrogen) atoms. The van der Waals surface area contributed by atoms with Gasteiger partial charge in [-0.25, -0.2) is 0 Å². The minimum Gasteiger partial charge on any atom is -0.480 e. The molecule has 0 fully saturated rings. The van der Waals surface area contributed by atoms with Crippen LogP contribution in [0.25, 0.3) is 11.1 Å². The summed E-state index contributed by atoms with van der Waals surface area (Å²) in [5, 5.41) is 9.46. The average Bonchev–Trinajstić information content (AvgIpc) is 2.82. The van der Waals surface area contributed by atoms with Crippen LogP contribution >= 0.6 is 0 Å². The maximum Gasteiger partial charge on any atom is 0.320 e. The largest absolute Gasteiger partial charge is 0.480 e. The molecule has 2 aromatic carbocycles. The van der Waals surface area contributed by atoms with Crippen molar-refractivity contribution in [1.82, 2.24) is 4.90 Å². The highest BCUT2D eigenvalue weighted by Crippen LogP contribution is 2.46. The molecule has 0 saturated carbocycles. The minimum atomic E-state index is -0.762. The van der Waals surface area contributed by atoms with E-state index >= 15 is 0 Å². The highest BCUT2D eigenvalue weighted by molar-refractivity contribution is 5.79. The Bertz CT molecular complexity index is 635. The Kier molecular flexibility index (Phi) is 3.52. The van der Waals surface area contributed by atoms with E-state index < -0.39 is 12.0 Å². The van der Waals surface area contributed by atoms with Crippen LogP contribution in [0.5, 0.6) is 0 Å². The lowest BCUT2D eigenvalue weighted by Gasteiger charge is -2.31. The molecule has 1 unspecified atom stereocenters. The Morgan fingerprint density at radius 1 is 1.10 bits per heavy atom. The summed E-state index contributed by atoms with van der Waals surface area (Å²) >= 11 is 0. The summed E-state index contributed by atoms with van der Waals surface area (Å²) in [6.07, 6.45) is 0.590. The highest BCUT2D eigenvalue weighted by Gasteiger charge is 2.35. The molecule has 0 aromatic heterocycles. The van der Waals surface area contributed by atoms with Crippen LogP contribution in [0, 0.1) is 0 Å². The molecule has 0 spiro atoms. The van der Waals surface area contributed by atoms with Crippen LogP contribution < -0.4 is 0 Å². The number of carbonyl (C=O) groups is 1. The summed E-state index contributed by atoms with van der Waals surface area (Å²) in [5.41, 5.74) is 4.82. The molecule has 108 valence electrons. The van der Waals surface area contributed by atoms with Crippen LogP contribution in [0.4, 0.5) is 0 Å². The Labute approximate surface area is 124 Å². The maximum atomic E-state index is 11.5. The van der Waals surface area contributed by atoms with Gasteiger partial charge in [-0.2, -0.15) is 0 Å². The van der Waals surface area contributed by atoms with Gasteiger partial charge in [0, 0.05) is 0 Å². The average molecular weight is 281 g/mol. The molecule has 3 rings (SSSR count). The van der Waals surface area contributed by atoms with Gasteiger partial charge < -0.3 is 5.11 Å². The molecular weight excluding hydrogens is 262 g/mol. The molecule has 1 atom stereocenters. The van der Waals surface area contributed by atoms with Gasteiger partial charge in [0.25, 0.3) is 0 Å². The van der Waals surface area contributed by atoms with Crippen LogP contribution in [-0.2, 0) is 4.79 Å². The van der Waals surface area contributed by atoms with E-state index in [1.165, 1.54) is 22.3 Å². The Morgan fingerprint density at radius 2 is 1.57 bits per heavy atom. The summed E-state index contributed by atoms with van der Waals surface area (Å²) in [6, 6.07) is 16.1. The molecule has 1 aliphatic carbocycles. The monoisotopic (exact) mass is 281 g/mol. The highest BCUT2D eigenvalue weighted by atomic mass is 16.4.